The lowest BCUT2D eigenvalue weighted by Gasteiger charge is -2.10. The van der Waals surface area contributed by atoms with E-state index in [1.54, 1.807) is 4.68 Å². The number of carbonyl (C=O) groups excluding carboxylic acids is 1. The van der Waals surface area contributed by atoms with E-state index in [2.05, 4.69) is 20.7 Å². The summed E-state index contributed by atoms with van der Waals surface area (Å²) in [6, 6.07) is 15.7. The van der Waals surface area contributed by atoms with Crippen molar-refractivity contribution in [2.45, 2.75) is 13.1 Å². The first-order valence-electron chi connectivity index (χ1n) is 7.41. The molecule has 1 amide bonds. The number of carbonyl (C=O) groups is 1. The lowest BCUT2D eigenvalue weighted by atomic mass is 10.1. The molecule has 0 saturated heterocycles. The summed E-state index contributed by atoms with van der Waals surface area (Å²) < 4.78 is 1.79. The Morgan fingerprint density at radius 3 is 2.87 bits per heavy atom. The Morgan fingerprint density at radius 1 is 1.13 bits per heavy atom. The number of benzene rings is 2. The van der Waals surface area contributed by atoms with Gasteiger partial charge in [-0.15, -0.1) is 0 Å². The van der Waals surface area contributed by atoms with E-state index in [0.717, 1.165) is 28.3 Å². The normalized spacial score (nSPS) is 12.8. The highest BCUT2D eigenvalue weighted by Crippen LogP contribution is 2.24. The summed E-state index contributed by atoms with van der Waals surface area (Å²) in [4.78, 5) is 16.3. The molecule has 1 aliphatic rings. The molecule has 23 heavy (non-hydrogen) atoms. The van der Waals surface area contributed by atoms with E-state index in [9.17, 15) is 4.79 Å². The molecule has 2 aromatic carbocycles. The van der Waals surface area contributed by atoms with Crippen LogP contribution < -0.4 is 10.6 Å². The van der Waals surface area contributed by atoms with Crippen LogP contribution in [0.25, 0.3) is 5.69 Å². The largest absolute Gasteiger partial charge is 0.377 e. The minimum Gasteiger partial charge on any atom is -0.377 e. The Labute approximate surface area is 133 Å². The lowest BCUT2D eigenvalue weighted by molar-refractivity contribution is 0.0966. The number of para-hydroxylation sites is 1. The van der Waals surface area contributed by atoms with E-state index in [1.165, 1.54) is 6.33 Å². The van der Waals surface area contributed by atoms with Gasteiger partial charge in [0.2, 0.25) is 0 Å². The van der Waals surface area contributed by atoms with Crippen LogP contribution in [0.4, 0.5) is 5.69 Å². The van der Waals surface area contributed by atoms with Gasteiger partial charge in [0.05, 0.1) is 17.8 Å². The molecule has 2 N–H and O–H groups in total. The molecule has 0 bridgehead atoms. The standard InChI is InChI=1S/C17H15N5O/c23-17-16-12(9-19-17)5-4-8-14(16)18-10-15-20-11-21-22(15)13-6-2-1-3-7-13/h1-8,11,18H,9-10H2,(H,19,23). The number of aromatic nitrogens is 3. The average molecular weight is 305 g/mol. The molecule has 1 aliphatic heterocycles. The second kappa shape index (κ2) is 5.57. The summed E-state index contributed by atoms with van der Waals surface area (Å²) in [6.07, 6.45) is 1.53. The van der Waals surface area contributed by atoms with Crippen LogP contribution in [0.3, 0.4) is 0 Å². The number of nitrogens with zero attached hydrogens (tertiary/aromatic N) is 3. The number of rotatable bonds is 4. The van der Waals surface area contributed by atoms with Crippen molar-refractivity contribution in [1.82, 2.24) is 20.1 Å². The zero-order valence-electron chi connectivity index (χ0n) is 12.4. The van der Waals surface area contributed by atoms with Crippen molar-refractivity contribution in [3.05, 3.63) is 71.8 Å². The summed E-state index contributed by atoms with van der Waals surface area (Å²) in [6.45, 7) is 1.07. The molecule has 0 fully saturated rings. The van der Waals surface area contributed by atoms with Crippen LogP contribution in [0, 0.1) is 0 Å². The number of hydrogen-bond donors (Lipinski definition) is 2. The number of fused-ring (bicyclic) bond motifs is 1. The molecular formula is C17H15N5O. The van der Waals surface area contributed by atoms with E-state index < -0.39 is 0 Å². The monoisotopic (exact) mass is 305 g/mol. The molecule has 0 aliphatic carbocycles. The first-order valence-corrected chi connectivity index (χ1v) is 7.41. The molecule has 0 spiro atoms. The van der Waals surface area contributed by atoms with Crippen molar-refractivity contribution < 1.29 is 4.79 Å². The van der Waals surface area contributed by atoms with E-state index >= 15 is 0 Å². The van der Waals surface area contributed by atoms with Crippen LogP contribution in [0.2, 0.25) is 0 Å². The van der Waals surface area contributed by atoms with Crippen molar-refractivity contribution in [3.8, 4) is 5.69 Å². The van der Waals surface area contributed by atoms with Gasteiger partial charge in [0.25, 0.3) is 5.91 Å². The minimum absolute atomic E-state index is 0.0346. The van der Waals surface area contributed by atoms with Crippen LogP contribution in [0.5, 0.6) is 0 Å². The van der Waals surface area contributed by atoms with E-state index in [4.69, 9.17) is 0 Å². The maximum atomic E-state index is 12.0. The Kier molecular flexibility index (Phi) is 3.27. The smallest absolute Gasteiger partial charge is 0.253 e. The van der Waals surface area contributed by atoms with Gasteiger partial charge in [-0.05, 0) is 23.8 Å². The van der Waals surface area contributed by atoms with Gasteiger partial charge in [0.1, 0.15) is 6.33 Å². The van der Waals surface area contributed by atoms with Gasteiger partial charge >= 0.3 is 0 Å². The van der Waals surface area contributed by atoms with Gasteiger partial charge in [-0.3, -0.25) is 4.79 Å². The van der Waals surface area contributed by atoms with Gasteiger partial charge in [-0.1, -0.05) is 30.3 Å². The van der Waals surface area contributed by atoms with Crippen molar-refractivity contribution in [3.63, 3.8) is 0 Å². The molecule has 0 radical (unpaired) electrons. The van der Waals surface area contributed by atoms with Crippen molar-refractivity contribution >= 4 is 11.6 Å². The molecule has 0 atom stereocenters. The van der Waals surface area contributed by atoms with E-state index in [1.807, 2.05) is 48.5 Å². The average Bonchev–Trinajstić information content (AvgIpc) is 3.21. The molecule has 1 aromatic heterocycles. The predicted molar refractivity (Wildman–Crippen MR) is 86.3 cm³/mol. The fourth-order valence-corrected chi connectivity index (χ4v) is 2.77. The summed E-state index contributed by atoms with van der Waals surface area (Å²) in [7, 11) is 0. The third-order valence-corrected chi connectivity index (χ3v) is 3.87. The topological polar surface area (TPSA) is 71.8 Å². The highest BCUT2D eigenvalue weighted by Gasteiger charge is 2.22. The molecule has 6 nitrogen and oxygen atoms in total. The Bertz CT molecular complexity index is 856. The SMILES string of the molecule is O=C1NCc2cccc(NCc3ncnn3-c3ccccc3)c21. The Morgan fingerprint density at radius 2 is 2.00 bits per heavy atom. The molecule has 114 valence electrons. The van der Waals surface area contributed by atoms with Crippen LogP contribution in [0.15, 0.2) is 54.9 Å². The second-order valence-electron chi connectivity index (χ2n) is 5.30. The predicted octanol–water partition coefficient (Wildman–Crippen LogP) is 2.12. The van der Waals surface area contributed by atoms with Crippen LogP contribution in [-0.4, -0.2) is 20.7 Å². The van der Waals surface area contributed by atoms with Gasteiger partial charge in [0, 0.05) is 12.2 Å². The number of hydrogen-bond acceptors (Lipinski definition) is 4. The second-order valence-corrected chi connectivity index (χ2v) is 5.30. The highest BCUT2D eigenvalue weighted by atomic mass is 16.1. The molecule has 2 heterocycles. The lowest BCUT2D eigenvalue weighted by Crippen LogP contribution is -2.15. The highest BCUT2D eigenvalue weighted by molar-refractivity contribution is 6.03. The van der Waals surface area contributed by atoms with E-state index in [-0.39, 0.29) is 5.91 Å². The molecule has 6 heteroatoms. The van der Waals surface area contributed by atoms with Gasteiger partial charge in [-0.2, -0.15) is 5.10 Å². The maximum absolute atomic E-state index is 12.0. The first-order chi connectivity index (χ1) is 11.3. The molecule has 0 saturated carbocycles. The van der Waals surface area contributed by atoms with Crippen LogP contribution >= 0.6 is 0 Å². The quantitative estimate of drug-likeness (QED) is 0.774. The van der Waals surface area contributed by atoms with Crippen molar-refractivity contribution in [2.24, 2.45) is 0 Å². The third kappa shape index (κ3) is 2.44. The summed E-state index contributed by atoms with van der Waals surface area (Å²) in [5.74, 6) is 0.750. The van der Waals surface area contributed by atoms with Gasteiger partial charge in [0.15, 0.2) is 5.82 Å². The van der Waals surface area contributed by atoms with Gasteiger partial charge in [-0.25, -0.2) is 9.67 Å². The minimum atomic E-state index is -0.0346. The van der Waals surface area contributed by atoms with Gasteiger partial charge < -0.3 is 10.6 Å². The zero-order valence-corrected chi connectivity index (χ0v) is 12.4. The molecular weight excluding hydrogens is 290 g/mol. The van der Waals surface area contributed by atoms with Crippen LogP contribution in [0.1, 0.15) is 21.7 Å². The molecule has 4 rings (SSSR count). The molecule has 0 unspecified atom stereocenters. The summed E-state index contributed by atoms with van der Waals surface area (Å²) >= 11 is 0. The Hall–Kier alpha value is -3.15. The van der Waals surface area contributed by atoms with Crippen molar-refractivity contribution in [2.75, 3.05) is 5.32 Å². The summed E-state index contributed by atoms with van der Waals surface area (Å²) in [5.41, 5.74) is 3.51. The third-order valence-electron chi connectivity index (χ3n) is 3.87. The van der Waals surface area contributed by atoms with Crippen LogP contribution in [-0.2, 0) is 13.1 Å². The Balaban J connectivity index is 1.59. The number of anilines is 1. The van der Waals surface area contributed by atoms with Crippen molar-refractivity contribution in [1.29, 1.82) is 0 Å². The number of amides is 1. The fourth-order valence-electron chi connectivity index (χ4n) is 2.77. The summed E-state index contributed by atoms with van der Waals surface area (Å²) in [5, 5.41) is 10.4. The molecule has 3 aromatic rings. The number of nitrogens with one attached hydrogen (secondary N) is 2. The zero-order chi connectivity index (χ0) is 15.6. The fraction of sp³-hybridized carbons (Fsp3) is 0.118. The van der Waals surface area contributed by atoms with E-state index in [0.29, 0.717) is 13.1 Å². The maximum Gasteiger partial charge on any atom is 0.253 e. The first kappa shape index (κ1) is 13.5.